The molecule has 30 heavy (non-hydrogen) atoms. The lowest BCUT2D eigenvalue weighted by atomic mass is 10.1. The number of carbonyl (C=O) groups excluding carboxylic acids is 3. The van der Waals surface area contributed by atoms with E-state index in [0.29, 0.717) is 34.4 Å². The Balaban J connectivity index is 1.97. The molecule has 1 aliphatic heterocycles. The summed E-state index contributed by atoms with van der Waals surface area (Å²) >= 11 is 6.10. The molecule has 1 saturated heterocycles. The molecular weight excluding hydrogens is 408 g/mol. The van der Waals surface area contributed by atoms with Gasteiger partial charge in [0, 0.05) is 10.6 Å². The molecule has 0 bridgehead atoms. The molecule has 2 aromatic rings. The average Bonchev–Trinajstić information content (AvgIpc) is 2.73. The largest absolute Gasteiger partial charge is 0.497 e. The number of imide groups is 2. The summed E-state index contributed by atoms with van der Waals surface area (Å²) in [6.45, 7) is 2.54. The van der Waals surface area contributed by atoms with E-state index >= 15 is 0 Å². The Morgan fingerprint density at radius 3 is 2.50 bits per heavy atom. The molecule has 2 aromatic carbocycles. The van der Waals surface area contributed by atoms with Gasteiger partial charge >= 0.3 is 6.03 Å². The highest BCUT2D eigenvalue weighted by Crippen LogP contribution is 2.28. The highest BCUT2D eigenvalue weighted by molar-refractivity contribution is 6.39. The number of carbonyl (C=O) groups is 3. The maximum absolute atomic E-state index is 13.0. The number of amides is 4. The predicted molar refractivity (Wildman–Crippen MR) is 114 cm³/mol. The van der Waals surface area contributed by atoms with Crippen LogP contribution in [0.15, 0.2) is 48.0 Å². The van der Waals surface area contributed by atoms with Crippen molar-refractivity contribution in [1.29, 1.82) is 0 Å². The molecule has 0 spiro atoms. The Kier molecular flexibility index (Phi) is 6.74. The van der Waals surface area contributed by atoms with Crippen LogP contribution in [0.5, 0.6) is 11.5 Å². The molecule has 1 aliphatic rings. The van der Waals surface area contributed by atoms with Crippen molar-refractivity contribution in [3.05, 3.63) is 58.6 Å². The van der Waals surface area contributed by atoms with Gasteiger partial charge in [-0.25, -0.2) is 9.69 Å². The quantitative estimate of drug-likeness (QED) is 0.406. The zero-order valence-electron chi connectivity index (χ0n) is 16.6. The van der Waals surface area contributed by atoms with Gasteiger partial charge in [-0.3, -0.25) is 14.9 Å². The number of halogens is 1. The van der Waals surface area contributed by atoms with Crippen LogP contribution in [-0.2, 0) is 9.59 Å². The van der Waals surface area contributed by atoms with Gasteiger partial charge in [-0.1, -0.05) is 24.9 Å². The Morgan fingerprint density at radius 1 is 1.10 bits per heavy atom. The van der Waals surface area contributed by atoms with Crippen LogP contribution in [0.4, 0.5) is 10.5 Å². The summed E-state index contributed by atoms with van der Waals surface area (Å²) in [6.07, 6.45) is 3.20. The maximum Gasteiger partial charge on any atom is 0.335 e. The lowest BCUT2D eigenvalue weighted by Gasteiger charge is -2.26. The fourth-order valence-electron chi connectivity index (χ4n) is 2.87. The van der Waals surface area contributed by atoms with E-state index in [0.717, 1.165) is 17.7 Å². The van der Waals surface area contributed by atoms with Crippen LogP contribution in [-0.4, -0.2) is 31.6 Å². The fourth-order valence-corrected chi connectivity index (χ4v) is 3.05. The predicted octanol–water partition coefficient (Wildman–Crippen LogP) is 4.19. The maximum atomic E-state index is 13.0. The number of hydrogen-bond donors (Lipinski definition) is 1. The Labute approximate surface area is 179 Å². The van der Waals surface area contributed by atoms with Gasteiger partial charge in [0.2, 0.25) is 0 Å². The monoisotopic (exact) mass is 428 g/mol. The lowest BCUT2D eigenvalue weighted by molar-refractivity contribution is -0.122. The molecule has 0 aliphatic carbocycles. The molecule has 0 radical (unpaired) electrons. The molecule has 3 rings (SSSR count). The average molecular weight is 429 g/mol. The van der Waals surface area contributed by atoms with E-state index in [4.69, 9.17) is 21.1 Å². The van der Waals surface area contributed by atoms with E-state index in [9.17, 15) is 14.4 Å². The molecule has 4 amide bonds. The number of nitrogens with one attached hydrogen (secondary N) is 1. The second kappa shape index (κ2) is 9.45. The van der Waals surface area contributed by atoms with Crippen LogP contribution in [0.25, 0.3) is 6.08 Å². The Hall–Kier alpha value is -3.32. The molecule has 156 valence electrons. The van der Waals surface area contributed by atoms with Crippen molar-refractivity contribution >= 4 is 41.2 Å². The standard InChI is InChI=1S/C22H21ClN2O5/c1-3-4-11-30-19-10-5-15(23)12-14(19)13-18-20(26)24-22(28)25(21(18)27)16-6-8-17(29-2)9-7-16/h5-10,12-13H,3-4,11H2,1-2H3,(H,24,26,28). The molecule has 1 fully saturated rings. The summed E-state index contributed by atoms with van der Waals surface area (Å²) in [4.78, 5) is 38.7. The van der Waals surface area contributed by atoms with Gasteiger partial charge in [-0.15, -0.1) is 0 Å². The van der Waals surface area contributed by atoms with Crippen LogP contribution in [0.2, 0.25) is 5.02 Å². The van der Waals surface area contributed by atoms with Crippen molar-refractivity contribution in [3.63, 3.8) is 0 Å². The SMILES string of the molecule is CCCCOc1ccc(Cl)cc1C=C1C(=O)NC(=O)N(c2ccc(OC)cc2)C1=O. The van der Waals surface area contributed by atoms with Crippen LogP contribution in [0.3, 0.4) is 0 Å². The lowest BCUT2D eigenvalue weighted by Crippen LogP contribution is -2.54. The number of benzene rings is 2. The van der Waals surface area contributed by atoms with Gasteiger partial charge in [0.05, 0.1) is 19.4 Å². The summed E-state index contributed by atoms with van der Waals surface area (Å²) in [5.41, 5.74) is 0.580. The summed E-state index contributed by atoms with van der Waals surface area (Å²) in [5.74, 6) is -0.459. The molecular formula is C22H21ClN2O5. The van der Waals surface area contributed by atoms with E-state index in [1.54, 1.807) is 42.5 Å². The number of ether oxygens (including phenoxy) is 2. The first-order valence-corrected chi connectivity index (χ1v) is 9.80. The second-order valence-electron chi connectivity index (χ2n) is 6.54. The molecule has 7 nitrogen and oxygen atoms in total. The summed E-state index contributed by atoms with van der Waals surface area (Å²) < 4.78 is 10.9. The van der Waals surface area contributed by atoms with Gasteiger partial charge in [0.25, 0.3) is 11.8 Å². The minimum absolute atomic E-state index is 0.201. The van der Waals surface area contributed by atoms with Crippen molar-refractivity contribution in [2.45, 2.75) is 19.8 Å². The minimum Gasteiger partial charge on any atom is -0.497 e. The van der Waals surface area contributed by atoms with Crippen molar-refractivity contribution < 1.29 is 23.9 Å². The molecule has 0 aromatic heterocycles. The topological polar surface area (TPSA) is 84.9 Å². The zero-order valence-corrected chi connectivity index (χ0v) is 17.4. The van der Waals surface area contributed by atoms with Crippen LogP contribution < -0.4 is 19.7 Å². The van der Waals surface area contributed by atoms with E-state index in [1.165, 1.54) is 13.2 Å². The minimum atomic E-state index is -0.821. The molecule has 1 heterocycles. The summed E-state index contributed by atoms with van der Waals surface area (Å²) in [6, 6.07) is 10.5. The van der Waals surface area contributed by atoms with Gasteiger partial charge in [0.1, 0.15) is 17.1 Å². The van der Waals surface area contributed by atoms with Gasteiger partial charge < -0.3 is 9.47 Å². The first-order valence-electron chi connectivity index (χ1n) is 9.42. The first kappa shape index (κ1) is 21.4. The number of barbiturate groups is 1. The summed E-state index contributed by atoms with van der Waals surface area (Å²) in [5, 5.41) is 2.62. The number of nitrogens with zero attached hydrogens (tertiary/aromatic N) is 1. The third-order valence-electron chi connectivity index (χ3n) is 4.46. The molecule has 1 N–H and O–H groups in total. The highest BCUT2D eigenvalue weighted by Gasteiger charge is 2.37. The highest BCUT2D eigenvalue weighted by atomic mass is 35.5. The number of unbranched alkanes of at least 4 members (excludes halogenated alkanes) is 1. The Morgan fingerprint density at radius 2 is 1.83 bits per heavy atom. The first-order chi connectivity index (χ1) is 14.4. The number of rotatable bonds is 7. The van der Waals surface area contributed by atoms with Crippen molar-refractivity contribution in [2.24, 2.45) is 0 Å². The van der Waals surface area contributed by atoms with E-state index in [2.05, 4.69) is 5.32 Å². The Bertz CT molecular complexity index is 1000. The van der Waals surface area contributed by atoms with Crippen LogP contribution in [0.1, 0.15) is 25.3 Å². The van der Waals surface area contributed by atoms with Crippen molar-refractivity contribution in [2.75, 3.05) is 18.6 Å². The van der Waals surface area contributed by atoms with E-state index < -0.39 is 17.8 Å². The molecule has 0 saturated carbocycles. The normalized spacial score (nSPS) is 15.4. The van der Waals surface area contributed by atoms with Gasteiger partial charge in [-0.2, -0.15) is 0 Å². The zero-order chi connectivity index (χ0) is 21.7. The third kappa shape index (κ3) is 4.63. The second-order valence-corrected chi connectivity index (χ2v) is 6.98. The fraction of sp³-hybridized carbons (Fsp3) is 0.227. The number of methoxy groups -OCH3 is 1. The third-order valence-corrected chi connectivity index (χ3v) is 4.69. The van der Waals surface area contributed by atoms with Gasteiger partial charge in [0.15, 0.2) is 0 Å². The van der Waals surface area contributed by atoms with E-state index in [1.807, 2.05) is 6.92 Å². The number of hydrogen-bond acceptors (Lipinski definition) is 5. The van der Waals surface area contributed by atoms with Crippen molar-refractivity contribution in [3.8, 4) is 11.5 Å². The molecule has 8 heteroatoms. The van der Waals surface area contributed by atoms with E-state index in [-0.39, 0.29) is 5.57 Å². The number of urea groups is 1. The summed E-state index contributed by atoms with van der Waals surface area (Å²) in [7, 11) is 1.51. The van der Waals surface area contributed by atoms with Crippen LogP contribution in [0, 0.1) is 0 Å². The van der Waals surface area contributed by atoms with Gasteiger partial charge in [-0.05, 0) is 55.0 Å². The van der Waals surface area contributed by atoms with Crippen molar-refractivity contribution in [1.82, 2.24) is 5.32 Å². The molecule has 0 atom stereocenters. The number of anilines is 1. The smallest absolute Gasteiger partial charge is 0.335 e. The molecule has 0 unspecified atom stereocenters. The van der Waals surface area contributed by atoms with Crippen LogP contribution >= 0.6 is 11.6 Å².